The number of amides is 2. The number of benzene rings is 3. The molecule has 7 nitrogen and oxygen atoms in total. The van der Waals surface area contributed by atoms with E-state index in [9.17, 15) is 4.79 Å². The number of unbranched alkanes of at least 4 members (excludes halogenated alkanes) is 1. The Morgan fingerprint density at radius 2 is 1.48 bits per heavy atom. The van der Waals surface area contributed by atoms with Crippen LogP contribution in [0.5, 0.6) is 11.5 Å². The van der Waals surface area contributed by atoms with Crippen LogP contribution in [0.25, 0.3) is 22.5 Å². The first-order chi connectivity index (χ1) is 19.4. The van der Waals surface area contributed by atoms with Crippen LogP contribution in [0.2, 0.25) is 0 Å². The number of nitrogens with one attached hydrogen (secondary N) is 2. The molecule has 0 atom stereocenters. The van der Waals surface area contributed by atoms with Gasteiger partial charge in [0.2, 0.25) is 0 Å². The standard InChI is InChI=1S/C32H38N4O3S/c1-6-36-30(25-14-18-27(39-5)19-15-25)29(24-12-16-26(38-4)17-13-24)35-32(36)40-21-8-7-20-33-31(37)34-28-22(2)10-9-11-23(28)3/h9-19H,6-8,20-21H2,1-5H3,(H2,33,34,37). The number of methoxy groups -OCH3 is 2. The van der Waals surface area contributed by atoms with Crippen LogP contribution in [0.1, 0.15) is 30.9 Å². The summed E-state index contributed by atoms with van der Waals surface area (Å²) in [5.41, 5.74) is 7.15. The van der Waals surface area contributed by atoms with Gasteiger partial charge in [0.05, 0.1) is 25.6 Å². The summed E-state index contributed by atoms with van der Waals surface area (Å²) in [5, 5.41) is 6.95. The third-order valence-corrected chi connectivity index (χ3v) is 7.85. The molecule has 0 saturated carbocycles. The average molecular weight is 559 g/mol. The molecular formula is C32H38N4O3S. The number of rotatable bonds is 12. The molecule has 3 aromatic carbocycles. The number of imidazole rings is 1. The first kappa shape index (κ1) is 29.1. The number of thioether (sulfide) groups is 1. The first-order valence-corrected chi connectivity index (χ1v) is 14.6. The van der Waals surface area contributed by atoms with Crippen molar-refractivity contribution in [1.29, 1.82) is 0 Å². The second-order valence-electron chi connectivity index (χ2n) is 9.50. The van der Waals surface area contributed by atoms with Gasteiger partial charge < -0.3 is 24.7 Å². The van der Waals surface area contributed by atoms with E-state index < -0.39 is 0 Å². The fourth-order valence-corrected chi connectivity index (χ4v) is 5.65. The van der Waals surface area contributed by atoms with Crippen molar-refractivity contribution >= 4 is 23.5 Å². The highest BCUT2D eigenvalue weighted by atomic mass is 32.2. The van der Waals surface area contributed by atoms with Gasteiger partial charge in [-0.05, 0) is 93.3 Å². The highest BCUT2D eigenvalue weighted by molar-refractivity contribution is 7.99. The first-order valence-electron chi connectivity index (χ1n) is 13.6. The van der Waals surface area contributed by atoms with Crippen molar-refractivity contribution in [3.8, 4) is 34.0 Å². The second kappa shape index (κ2) is 13.9. The summed E-state index contributed by atoms with van der Waals surface area (Å²) >= 11 is 1.75. The Kier molecular flexibility index (Phi) is 10.1. The van der Waals surface area contributed by atoms with Gasteiger partial charge in [-0.3, -0.25) is 0 Å². The fraction of sp³-hybridized carbons (Fsp3) is 0.312. The van der Waals surface area contributed by atoms with Crippen LogP contribution in [0.4, 0.5) is 10.5 Å². The number of anilines is 1. The minimum atomic E-state index is -0.167. The fourth-order valence-electron chi connectivity index (χ4n) is 4.59. The number of ether oxygens (including phenoxy) is 2. The molecule has 1 heterocycles. The molecule has 0 unspecified atom stereocenters. The van der Waals surface area contributed by atoms with Crippen molar-refractivity contribution in [1.82, 2.24) is 14.9 Å². The molecule has 40 heavy (non-hydrogen) atoms. The number of carbonyl (C=O) groups excluding carboxylic acids is 1. The molecule has 0 spiro atoms. The van der Waals surface area contributed by atoms with E-state index in [-0.39, 0.29) is 6.03 Å². The molecule has 0 aliphatic heterocycles. The Hall–Kier alpha value is -3.91. The summed E-state index contributed by atoms with van der Waals surface area (Å²) in [7, 11) is 3.35. The number of hydrogen-bond donors (Lipinski definition) is 2. The van der Waals surface area contributed by atoms with Gasteiger partial charge >= 0.3 is 6.03 Å². The molecule has 210 valence electrons. The van der Waals surface area contributed by atoms with Gasteiger partial charge in [0.1, 0.15) is 11.5 Å². The molecule has 2 amide bonds. The van der Waals surface area contributed by atoms with E-state index in [4.69, 9.17) is 14.5 Å². The Labute approximate surface area is 241 Å². The quantitative estimate of drug-likeness (QED) is 0.139. The van der Waals surface area contributed by atoms with Crippen molar-refractivity contribution in [2.75, 3.05) is 31.8 Å². The van der Waals surface area contributed by atoms with Gasteiger partial charge in [-0.25, -0.2) is 9.78 Å². The van der Waals surface area contributed by atoms with Gasteiger partial charge in [-0.15, -0.1) is 0 Å². The molecule has 0 fully saturated rings. The Balaban J connectivity index is 1.42. The molecule has 0 aliphatic rings. The third-order valence-electron chi connectivity index (χ3n) is 6.78. The van der Waals surface area contributed by atoms with Crippen molar-refractivity contribution in [2.24, 2.45) is 0 Å². The molecule has 0 bridgehead atoms. The number of urea groups is 1. The third kappa shape index (κ3) is 6.99. The molecule has 4 rings (SSSR count). The Bertz CT molecular complexity index is 1400. The zero-order valence-electron chi connectivity index (χ0n) is 23.9. The minimum absolute atomic E-state index is 0.167. The van der Waals surface area contributed by atoms with Crippen molar-refractivity contribution in [3.05, 3.63) is 77.9 Å². The Morgan fingerprint density at radius 3 is 2.05 bits per heavy atom. The summed E-state index contributed by atoms with van der Waals surface area (Å²) < 4.78 is 13.0. The summed E-state index contributed by atoms with van der Waals surface area (Å²) in [4.78, 5) is 17.5. The van der Waals surface area contributed by atoms with Gasteiger partial charge in [0.15, 0.2) is 5.16 Å². The van der Waals surface area contributed by atoms with Crippen LogP contribution < -0.4 is 20.1 Å². The van der Waals surface area contributed by atoms with Crippen LogP contribution in [0.3, 0.4) is 0 Å². The SMILES string of the molecule is CCn1c(SCCCCNC(=O)Nc2c(C)cccc2C)nc(-c2ccc(OC)cc2)c1-c1ccc(OC)cc1. The number of aromatic nitrogens is 2. The molecule has 8 heteroatoms. The number of carbonyl (C=O) groups is 1. The summed E-state index contributed by atoms with van der Waals surface area (Å²) in [5.74, 6) is 2.54. The lowest BCUT2D eigenvalue weighted by molar-refractivity contribution is 0.252. The maximum atomic E-state index is 12.4. The smallest absolute Gasteiger partial charge is 0.319 e. The molecule has 2 N–H and O–H groups in total. The van der Waals surface area contributed by atoms with Crippen molar-refractivity contribution in [3.63, 3.8) is 0 Å². The van der Waals surface area contributed by atoms with Crippen LogP contribution >= 0.6 is 11.8 Å². The van der Waals surface area contributed by atoms with E-state index in [2.05, 4.69) is 46.4 Å². The molecule has 0 saturated heterocycles. The van der Waals surface area contributed by atoms with Crippen molar-refractivity contribution < 1.29 is 14.3 Å². The van der Waals surface area contributed by atoms with Gasteiger partial charge in [-0.2, -0.15) is 0 Å². The highest BCUT2D eigenvalue weighted by Crippen LogP contribution is 2.37. The molecule has 0 radical (unpaired) electrons. The van der Waals surface area contributed by atoms with Gasteiger partial charge in [0.25, 0.3) is 0 Å². The van der Waals surface area contributed by atoms with E-state index >= 15 is 0 Å². The molecular weight excluding hydrogens is 520 g/mol. The molecule has 4 aromatic rings. The predicted molar refractivity (Wildman–Crippen MR) is 165 cm³/mol. The Morgan fingerprint density at radius 1 is 0.875 bits per heavy atom. The second-order valence-corrected chi connectivity index (χ2v) is 10.6. The lowest BCUT2D eigenvalue weighted by Gasteiger charge is -2.12. The number of nitrogens with zero attached hydrogens (tertiary/aromatic N) is 2. The molecule has 0 aliphatic carbocycles. The predicted octanol–water partition coefficient (Wildman–Crippen LogP) is 7.57. The van der Waals surface area contributed by atoms with E-state index in [1.165, 1.54) is 0 Å². The van der Waals surface area contributed by atoms with Crippen LogP contribution in [0.15, 0.2) is 71.9 Å². The minimum Gasteiger partial charge on any atom is -0.497 e. The maximum Gasteiger partial charge on any atom is 0.319 e. The largest absolute Gasteiger partial charge is 0.497 e. The summed E-state index contributed by atoms with van der Waals surface area (Å²) in [6.07, 6.45) is 1.84. The van der Waals surface area contributed by atoms with Gasteiger partial charge in [0, 0.05) is 35.7 Å². The van der Waals surface area contributed by atoms with E-state index in [1.54, 1.807) is 26.0 Å². The number of aryl methyl sites for hydroxylation is 2. The van der Waals surface area contributed by atoms with E-state index in [1.807, 2.05) is 56.3 Å². The zero-order chi connectivity index (χ0) is 28.5. The van der Waals surface area contributed by atoms with Crippen LogP contribution in [-0.4, -0.2) is 42.1 Å². The van der Waals surface area contributed by atoms with Gasteiger partial charge in [-0.1, -0.05) is 30.0 Å². The highest BCUT2D eigenvalue weighted by Gasteiger charge is 2.20. The number of hydrogen-bond acceptors (Lipinski definition) is 5. The monoisotopic (exact) mass is 558 g/mol. The molecule has 1 aromatic heterocycles. The van der Waals surface area contributed by atoms with E-state index in [0.717, 1.165) is 81.1 Å². The normalized spacial score (nSPS) is 10.8. The lowest BCUT2D eigenvalue weighted by atomic mass is 10.0. The summed E-state index contributed by atoms with van der Waals surface area (Å²) in [6, 6.07) is 22.0. The lowest BCUT2D eigenvalue weighted by Crippen LogP contribution is -2.30. The zero-order valence-corrected chi connectivity index (χ0v) is 24.7. The average Bonchev–Trinajstić information content (AvgIpc) is 3.35. The van der Waals surface area contributed by atoms with E-state index in [0.29, 0.717) is 6.54 Å². The topological polar surface area (TPSA) is 77.4 Å². The number of para-hydroxylation sites is 1. The van der Waals surface area contributed by atoms with Crippen LogP contribution in [-0.2, 0) is 6.54 Å². The summed E-state index contributed by atoms with van der Waals surface area (Å²) in [6.45, 7) is 7.57. The van der Waals surface area contributed by atoms with Crippen LogP contribution in [0, 0.1) is 13.8 Å². The van der Waals surface area contributed by atoms with Crippen molar-refractivity contribution in [2.45, 2.75) is 45.3 Å². The maximum absolute atomic E-state index is 12.4.